The first-order valence-corrected chi connectivity index (χ1v) is 6.73. The molecule has 2 N–H and O–H groups in total. The first-order valence-electron chi connectivity index (χ1n) is 5.94. The van der Waals surface area contributed by atoms with Gasteiger partial charge in [0.1, 0.15) is 23.4 Å². The van der Waals surface area contributed by atoms with Crippen molar-refractivity contribution in [3.8, 4) is 17.6 Å². The molecule has 3 nitrogen and oxygen atoms in total. The fourth-order valence-corrected chi connectivity index (χ4v) is 2.45. The number of hydrogen-bond acceptors (Lipinski definition) is 3. The second kappa shape index (κ2) is 6.04. The molecule has 2 aromatic carbocycles. The maximum absolute atomic E-state index is 13.5. The number of nitrogens with zero attached hydrogens (tertiary/aromatic N) is 1. The fourth-order valence-electron chi connectivity index (χ4n) is 1.73. The summed E-state index contributed by atoms with van der Waals surface area (Å²) in [5, 5.41) is 8.67. The van der Waals surface area contributed by atoms with Gasteiger partial charge in [-0.3, -0.25) is 0 Å². The van der Waals surface area contributed by atoms with Crippen molar-refractivity contribution >= 4 is 15.9 Å². The van der Waals surface area contributed by atoms with Gasteiger partial charge in [0.25, 0.3) is 0 Å². The summed E-state index contributed by atoms with van der Waals surface area (Å²) < 4.78 is 19.9. The van der Waals surface area contributed by atoms with Gasteiger partial charge in [-0.15, -0.1) is 0 Å². The molecule has 0 aromatic heterocycles. The average Bonchev–Trinajstić information content (AvgIpc) is 2.38. The van der Waals surface area contributed by atoms with Crippen LogP contribution in [-0.2, 0) is 0 Å². The molecule has 0 bridgehead atoms. The van der Waals surface area contributed by atoms with Crippen LogP contribution < -0.4 is 10.5 Å². The van der Waals surface area contributed by atoms with Gasteiger partial charge in [-0.25, -0.2) is 4.39 Å². The van der Waals surface area contributed by atoms with Gasteiger partial charge in [0.05, 0.1) is 5.56 Å². The Morgan fingerprint density at radius 2 is 1.90 bits per heavy atom. The molecule has 0 saturated heterocycles. The second-order valence-corrected chi connectivity index (χ2v) is 5.18. The highest BCUT2D eigenvalue weighted by Gasteiger charge is 2.08. The van der Waals surface area contributed by atoms with Crippen LogP contribution in [0.1, 0.15) is 24.1 Å². The zero-order valence-corrected chi connectivity index (χ0v) is 12.3. The summed E-state index contributed by atoms with van der Waals surface area (Å²) >= 11 is 3.42. The minimum Gasteiger partial charge on any atom is -0.457 e. The van der Waals surface area contributed by atoms with Crippen molar-refractivity contribution in [1.29, 1.82) is 5.26 Å². The highest BCUT2D eigenvalue weighted by molar-refractivity contribution is 9.10. The van der Waals surface area contributed by atoms with Crippen molar-refractivity contribution in [1.82, 2.24) is 0 Å². The van der Waals surface area contributed by atoms with Gasteiger partial charge in [-0.2, -0.15) is 5.26 Å². The van der Waals surface area contributed by atoms with Gasteiger partial charge in [0, 0.05) is 16.6 Å². The molecule has 0 fully saturated rings. The third-order valence-electron chi connectivity index (χ3n) is 2.76. The van der Waals surface area contributed by atoms with Crippen LogP contribution in [0.4, 0.5) is 4.39 Å². The summed E-state index contributed by atoms with van der Waals surface area (Å²) in [6, 6.07) is 11.2. The molecule has 1 unspecified atom stereocenters. The predicted molar refractivity (Wildman–Crippen MR) is 77.9 cm³/mol. The quantitative estimate of drug-likeness (QED) is 0.911. The van der Waals surface area contributed by atoms with Crippen LogP contribution in [-0.4, -0.2) is 0 Å². The molecule has 0 amide bonds. The number of benzene rings is 2. The van der Waals surface area contributed by atoms with E-state index in [1.807, 2.05) is 13.0 Å². The van der Waals surface area contributed by atoms with Gasteiger partial charge < -0.3 is 10.5 Å². The Balaban J connectivity index is 2.25. The number of nitrogens with two attached hydrogens (primary N) is 1. The monoisotopic (exact) mass is 334 g/mol. The molecule has 1 atom stereocenters. The van der Waals surface area contributed by atoms with Crippen LogP contribution in [0.2, 0.25) is 0 Å². The fraction of sp³-hybridized carbons (Fsp3) is 0.133. The molecule has 2 rings (SSSR count). The van der Waals surface area contributed by atoms with Crippen LogP contribution in [0.3, 0.4) is 0 Å². The zero-order valence-electron chi connectivity index (χ0n) is 10.7. The van der Waals surface area contributed by atoms with Crippen molar-refractivity contribution in [3.05, 3.63) is 57.8 Å². The van der Waals surface area contributed by atoms with Crippen LogP contribution in [0.15, 0.2) is 40.9 Å². The van der Waals surface area contributed by atoms with Crippen LogP contribution in [0.25, 0.3) is 0 Å². The molecule has 20 heavy (non-hydrogen) atoms. The SMILES string of the molecule is CC(N)c1ccc(Oc2ccc(C#N)c(F)c2)cc1Br. The van der Waals surface area contributed by atoms with Crippen molar-refractivity contribution in [2.45, 2.75) is 13.0 Å². The molecule has 0 saturated carbocycles. The molecular weight excluding hydrogens is 323 g/mol. The summed E-state index contributed by atoms with van der Waals surface area (Å²) in [5.41, 5.74) is 6.77. The first-order chi connectivity index (χ1) is 9.51. The molecule has 0 aliphatic carbocycles. The standard InChI is InChI=1S/C15H12BrFN2O/c1-9(19)13-5-4-11(6-14(13)16)20-12-3-2-10(8-18)15(17)7-12/h2-7,9H,19H2,1H3. The van der Waals surface area contributed by atoms with Crippen LogP contribution in [0.5, 0.6) is 11.5 Å². The molecule has 0 radical (unpaired) electrons. The molecule has 0 aliphatic heterocycles. The van der Waals surface area contributed by atoms with Gasteiger partial charge in [-0.1, -0.05) is 22.0 Å². The smallest absolute Gasteiger partial charge is 0.144 e. The molecule has 0 spiro atoms. The topological polar surface area (TPSA) is 59.0 Å². The summed E-state index contributed by atoms with van der Waals surface area (Å²) in [5.74, 6) is 0.295. The molecule has 0 aliphatic rings. The first kappa shape index (κ1) is 14.5. The molecule has 102 valence electrons. The van der Waals surface area contributed by atoms with E-state index in [1.54, 1.807) is 24.3 Å². The van der Waals surface area contributed by atoms with E-state index in [0.29, 0.717) is 11.5 Å². The molecular formula is C15H12BrFN2O. The maximum Gasteiger partial charge on any atom is 0.144 e. The van der Waals surface area contributed by atoms with E-state index < -0.39 is 5.82 Å². The van der Waals surface area contributed by atoms with Gasteiger partial charge in [-0.05, 0) is 36.8 Å². The second-order valence-electron chi connectivity index (χ2n) is 4.33. The lowest BCUT2D eigenvalue weighted by Crippen LogP contribution is -2.05. The Bertz CT molecular complexity index is 680. The van der Waals surface area contributed by atoms with E-state index in [-0.39, 0.29) is 11.6 Å². The number of ether oxygens (including phenoxy) is 1. The Labute approximate surface area is 124 Å². The lowest BCUT2D eigenvalue weighted by molar-refractivity contribution is 0.475. The summed E-state index contributed by atoms with van der Waals surface area (Å²) in [4.78, 5) is 0. The van der Waals surface area contributed by atoms with E-state index in [0.717, 1.165) is 10.0 Å². The summed E-state index contributed by atoms with van der Waals surface area (Å²) in [7, 11) is 0. The van der Waals surface area contributed by atoms with E-state index in [4.69, 9.17) is 15.7 Å². The minimum absolute atomic E-state index is 0.00849. The highest BCUT2D eigenvalue weighted by atomic mass is 79.9. The summed E-state index contributed by atoms with van der Waals surface area (Å²) in [6.45, 7) is 1.89. The number of hydrogen-bond donors (Lipinski definition) is 1. The van der Waals surface area contributed by atoms with Crippen LogP contribution >= 0.6 is 15.9 Å². The molecule has 5 heteroatoms. The maximum atomic E-state index is 13.5. The lowest BCUT2D eigenvalue weighted by Gasteiger charge is -2.11. The number of rotatable bonds is 3. The average molecular weight is 335 g/mol. The minimum atomic E-state index is -0.601. The normalized spacial score (nSPS) is 11.8. The Morgan fingerprint density at radius 1 is 1.25 bits per heavy atom. The van der Waals surface area contributed by atoms with Gasteiger partial charge >= 0.3 is 0 Å². The van der Waals surface area contributed by atoms with E-state index in [9.17, 15) is 4.39 Å². The highest BCUT2D eigenvalue weighted by Crippen LogP contribution is 2.30. The summed E-state index contributed by atoms with van der Waals surface area (Å²) in [6.07, 6.45) is 0. The van der Waals surface area contributed by atoms with E-state index >= 15 is 0 Å². The molecule has 0 heterocycles. The van der Waals surface area contributed by atoms with Crippen molar-refractivity contribution in [2.75, 3.05) is 0 Å². The van der Waals surface area contributed by atoms with E-state index in [2.05, 4.69) is 15.9 Å². The van der Waals surface area contributed by atoms with Crippen molar-refractivity contribution in [3.63, 3.8) is 0 Å². The lowest BCUT2D eigenvalue weighted by atomic mass is 10.1. The zero-order chi connectivity index (χ0) is 14.7. The van der Waals surface area contributed by atoms with E-state index in [1.165, 1.54) is 12.1 Å². The third-order valence-corrected chi connectivity index (χ3v) is 3.45. The Kier molecular flexibility index (Phi) is 4.38. The van der Waals surface area contributed by atoms with Crippen LogP contribution in [0, 0.1) is 17.1 Å². The Morgan fingerprint density at radius 3 is 2.45 bits per heavy atom. The van der Waals surface area contributed by atoms with Gasteiger partial charge in [0.2, 0.25) is 0 Å². The number of halogens is 2. The largest absolute Gasteiger partial charge is 0.457 e. The van der Waals surface area contributed by atoms with Crippen molar-refractivity contribution < 1.29 is 9.13 Å². The van der Waals surface area contributed by atoms with Crippen molar-refractivity contribution in [2.24, 2.45) is 5.73 Å². The van der Waals surface area contributed by atoms with Gasteiger partial charge in [0.15, 0.2) is 0 Å². The predicted octanol–water partition coefficient (Wildman–Crippen LogP) is 4.27. The number of nitriles is 1. The third kappa shape index (κ3) is 3.16. The molecule has 2 aromatic rings. The Hall–Kier alpha value is -1.90.